The minimum Gasteiger partial charge on any atom is -0.457 e. The molecule has 0 radical (unpaired) electrons. The third kappa shape index (κ3) is 6.61. The van der Waals surface area contributed by atoms with Gasteiger partial charge in [0.2, 0.25) is 0 Å². The largest absolute Gasteiger partial charge is 0.457 e. The average molecular weight is 349 g/mol. The SMILES string of the molecule is CC(C)(C)OC(=O)/C=C/C(O[Si](C)(C)C(C)(C)C)c1ccccc1. The van der Waals surface area contributed by atoms with Crippen molar-refractivity contribution in [2.24, 2.45) is 0 Å². The Balaban J connectivity index is 3.02. The van der Waals surface area contributed by atoms with Crippen LogP contribution in [0.4, 0.5) is 0 Å². The topological polar surface area (TPSA) is 35.5 Å². The van der Waals surface area contributed by atoms with E-state index in [4.69, 9.17) is 9.16 Å². The fourth-order valence-corrected chi connectivity index (χ4v) is 3.06. The van der Waals surface area contributed by atoms with Crippen LogP contribution in [-0.4, -0.2) is 19.9 Å². The van der Waals surface area contributed by atoms with E-state index in [1.165, 1.54) is 6.08 Å². The summed E-state index contributed by atoms with van der Waals surface area (Å²) in [6, 6.07) is 10.00. The zero-order chi connectivity index (χ0) is 18.6. The van der Waals surface area contributed by atoms with Crippen LogP contribution >= 0.6 is 0 Å². The third-order valence-corrected chi connectivity index (χ3v) is 8.63. The van der Waals surface area contributed by atoms with Crippen molar-refractivity contribution in [1.82, 2.24) is 0 Å². The van der Waals surface area contributed by atoms with Crippen LogP contribution in [0.3, 0.4) is 0 Å². The average Bonchev–Trinajstić information content (AvgIpc) is 2.41. The first-order chi connectivity index (χ1) is 10.8. The van der Waals surface area contributed by atoms with E-state index >= 15 is 0 Å². The molecule has 4 heteroatoms. The second-order valence-electron chi connectivity index (χ2n) is 8.60. The second kappa shape index (κ2) is 7.66. The number of carbonyl (C=O) groups is 1. The highest BCUT2D eigenvalue weighted by Crippen LogP contribution is 2.40. The number of esters is 1. The van der Waals surface area contributed by atoms with Crippen molar-refractivity contribution in [3.63, 3.8) is 0 Å². The lowest BCUT2D eigenvalue weighted by Crippen LogP contribution is -2.41. The van der Waals surface area contributed by atoms with Gasteiger partial charge in [0.1, 0.15) is 5.60 Å². The van der Waals surface area contributed by atoms with Crippen molar-refractivity contribution < 1.29 is 14.0 Å². The van der Waals surface area contributed by atoms with Crippen LogP contribution in [0.15, 0.2) is 42.5 Å². The van der Waals surface area contributed by atoms with Crippen molar-refractivity contribution in [3.05, 3.63) is 48.0 Å². The van der Waals surface area contributed by atoms with Crippen LogP contribution in [0.5, 0.6) is 0 Å². The Morgan fingerprint density at radius 3 is 2.04 bits per heavy atom. The molecule has 0 fully saturated rings. The fourth-order valence-electron chi connectivity index (χ4n) is 1.86. The molecule has 1 aromatic rings. The summed E-state index contributed by atoms with van der Waals surface area (Å²) in [6.07, 6.45) is 3.04. The molecule has 0 aliphatic carbocycles. The molecule has 0 spiro atoms. The monoisotopic (exact) mass is 348 g/mol. The third-order valence-electron chi connectivity index (χ3n) is 4.17. The first-order valence-electron chi connectivity index (χ1n) is 8.46. The number of benzene rings is 1. The predicted molar refractivity (Wildman–Crippen MR) is 102 cm³/mol. The standard InChI is InChI=1S/C20H32O3Si/c1-19(2,3)22-18(21)15-14-17(16-12-10-9-11-13-16)23-24(7,8)20(4,5)6/h9-15,17H,1-8H3/b15-14+. The van der Waals surface area contributed by atoms with Crippen LogP contribution in [0.2, 0.25) is 18.1 Å². The molecule has 24 heavy (non-hydrogen) atoms. The van der Waals surface area contributed by atoms with E-state index in [9.17, 15) is 4.79 Å². The van der Waals surface area contributed by atoms with Gasteiger partial charge in [-0.05, 0) is 50.5 Å². The summed E-state index contributed by atoms with van der Waals surface area (Å²) in [5, 5.41) is 0.0970. The van der Waals surface area contributed by atoms with E-state index in [0.29, 0.717) is 0 Å². The van der Waals surface area contributed by atoms with Gasteiger partial charge in [0.25, 0.3) is 0 Å². The molecule has 0 saturated heterocycles. The lowest BCUT2D eigenvalue weighted by Gasteiger charge is -2.38. The Labute approximate surface area is 148 Å². The van der Waals surface area contributed by atoms with Crippen LogP contribution in [0, 0.1) is 0 Å². The Morgan fingerprint density at radius 2 is 1.58 bits per heavy atom. The van der Waals surface area contributed by atoms with Crippen molar-refractivity contribution in [1.29, 1.82) is 0 Å². The smallest absolute Gasteiger partial charge is 0.331 e. The molecule has 0 N–H and O–H groups in total. The van der Waals surface area contributed by atoms with Crippen LogP contribution in [-0.2, 0) is 14.0 Å². The number of carbonyl (C=O) groups excluding carboxylic acids is 1. The maximum Gasteiger partial charge on any atom is 0.331 e. The summed E-state index contributed by atoms with van der Waals surface area (Å²) < 4.78 is 11.9. The van der Waals surface area contributed by atoms with Gasteiger partial charge >= 0.3 is 5.97 Å². The van der Waals surface area contributed by atoms with E-state index in [0.717, 1.165) is 5.56 Å². The zero-order valence-electron chi connectivity index (χ0n) is 16.3. The van der Waals surface area contributed by atoms with Gasteiger partial charge in [0.15, 0.2) is 8.32 Å². The summed E-state index contributed by atoms with van der Waals surface area (Å²) in [5.74, 6) is -0.345. The van der Waals surface area contributed by atoms with Crippen LogP contribution in [0.1, 0.15) is 53.2 Å². The quantitative estimate of drug-likeness (QED) is 0.392. The highest BCUT2D eigenvalue weighted by Gasteiger charge is 2.39. The number of hydrogen-bond acceptors (Lipinski definition) is 3. The van der Waals surface area contributed by atoms with Crippen molar-refractivity contribution in [2.75, 3.05) is 0 Å². The highest BCUT2D eigenvalue weighted by molar-refractivity contribution is 6.74. The molecule has 0 amide bonds. The minimum absolute atomic E-state index is 0.0970. The molecule has 0 aromatic heterocycles. The molecule has 0 aliphatic rings. The Morgan fingerprint density at radius 1 is 1.04 bits per heavy atom. The van der Waals surface area contributed by atoms with Gasteiger partial charge in [-0.2, -0.15) is 0 Å². The second-order valence-corrected chi connectivity index (χ2v) is 13.4. The molecule has 134 valence electrons. The molecule has 0 aliphatic heterocycles. The highest BCUT2D eigenvalue weighted by atomic mass is 28.4. The number of rotatable bonds is 5. The van der Waals surface area contributed by atoms with Crippen molar-refractivity contribution >= 4 is 14.3 Å². The molecule has 1 unspecified atom stereocenters. The van der Waals surface area contributed by atoms with Crippen molar-refractivity contribution in [2.45, 2.75) is 71.4 Å². The number of hydrogen-bond donors (Lipinski definition) is 0. The van der Waals surface area contributed by atoms with E-state index in [1.54, 1.807) is 0 Å². The molecule has 3 nitrogen and oxygen atoms in total. The summed E-state index contributed by atoms with van der Waals surface area (Å²) in [5.41, 5.74) is 0.548. The summed E-state index contributed by atoms with van der Waals surface area (Å²) in [7, 11) is -1.97. The zero-order valence-corrected chi connectivity index (χ0v) is 17.3. The molecular weight excluding hydrogens is 316 g/mol. The number of ether oxygens (including phenoxy) is 1. The molecule has 0 saturated carbocycles. The molecule has 1 atom stereocenters. The molecule has 1 rings (SSSR count). The van der Waals surface area contributed by atoms with Gasteiger partial charge in [0, 0.05) is 6.08 Å². The Bertz CT molecular complexity index is 563. The van der Waals surface area contributed by atoms with Crippen LogP contribution < -0.4 is 0 Å². The van der Waals surface area contributed by atoms with E-state index in [2.05, 4.69) is 33.9 Å². The maximum atomic E-state index is 12.0. The first kappa shape index (κ1) is 20.7. The summed E-state index contributed by atoms with van der Waals surface area (Å²) in [4.78, 5) is 12.0. The molecule has 1 aromatic carbocycles. The fraction of sp³-hybridized carbons (Fsp3) is 0.550. The van der Waals surface area contributed by atoms with E-state index < -0.39 is 13.9 Å². The van der Waals surface area contributed by atoms with Crippen molar-refractivity contribution in [3.8, 4) is 0 Å². The first-order valence-corrected chi connectivity index (χ1v) is 11.4. The normalized spacial score (nSPS) is 14.7. The Kier molecular flexibility index (Phi) is 6.59. The maximum absolute atomic E-state index is 12.0. The Hall–Kier alpha value is -1.39. The molecule has 0 bridgehead atoms. The van der Waals surface area contributed by atoms with Gasteiger partial charge < -0.3 is 9.16 Å². The van der Waals surface area contributed by atoms with Gasteiger partial charge in [0.05, 0.1) is 6.10 Å². The lowest BCUT2D eigenvalue weighted by molar-refractivity contribution is -0.148. The minimum atomic E-state index is -1.97. The molecular formula is C20H32O3Si. The molecule has 0 heterocycles. The van der Waals surface area contributed by atoms with Gasteiger partial charge in [-0.1, -0.05) is 51.1 Å². The predicted octanol–water partition coefficient (Wildman–Crippen LogP) is 5.65. The van der Waals surface area contributed by atoms with Gasteiger partial charge in [-0.3, -0.25) is 0 Å². The van der Waals surface area contributed by atoms with Gasteiger partial charge in [-0.15, -0.1) is 0 Å². The van der Waals surface area contributed by atoms with Crippen LogP contribution in [0.25, 0.3) is 0 Å². The summed E-state index contributed by atoms with van der Waals surface area (Å²) >= 11 is 0. The van der Waals surface area contributed by atoms with E-state index in [1.807, 2.05) is 57.2 Å². The van der Waals surface area contributed by atoms with Gasteiger partial charge in [-0.25, -0.2) is 4.79 Å². The van der Waals surface area contributed by atoms with E-state index in [-0.39, 0.29) is 17.1 Å². The summed E-state index contributed by atoms with van der Waals surface area (Å²) in [6.45, 7) is 16.6. The lowest BCUT2D eigenvalue weighted by atomic mass is 10.1.